The topological polar surface area (TPSA) is 80.3 Å². The van der Waals surface area contributed by atoms with E-state index in [1.807, 2.05) is 55.5 Å². The highest BCUT2D eigenvalue weighted by atomic mass is 16.5. The van der Waals surface area contributed by atoms with Crippen LogP contribution in [0.2, 0.25) is 0 Å². The molecule has 1 aliphatic rings. The molecule has 2 N–H and O–H groups in total. The van der Waals surface area contributed by atoms with Crippen LogP contribution in [0.1, 0.15) is 35.7 Å². The molecular formula is C24H25N3O3. The van der Waals surface area contributed by atoms with E-state index < -0.39 is 0 Å². The number of benzene rings is 2. The van der Waals surface area contributed by atoms with Crippen molar-refractivity contribution in [1.29, 1.82) is 0 Å². The second-order valence-electron chi connectivity index (χ2n) is 7.68. The molecule has 2 amide bonds. The third kappa shape index (κ3) is 4.49. The van der Waals surface area contributed by atoms with Gasteiger partial charge in [-0.3, -0.25) is 9.59 Å². The van der Waals surface area contributed by atoms with E-state index in [0.717, 1.165) is 47.2 Å². The molecule has 3 aromatic rings. The fourth-order valence-electron chi connectivity index (χ4n) is 3.71. The smallest absolute Gasteiger partial charge is 0.252 e. The molecule has 1 saturated heterocycles. The largest absolute Gasteiger partial charge is 0.376 e. The summed E-state index contributed by atoms with van der Waals surface area (Å²) in [5, 5.41) is 6.61. The van der Waals surface area contributed by atoms with Crippen molar-refractivity contribution in [3.63, 3.8) is 0 Å². The molecule has 30 heavy (non-hydrogen) atoms. The Kier molecular flexibility index (Phi) is 5.77. The minimum absolute atomic E-state index is 0.0876. The van der Waals surface area contributed by atoms with Crippen LogP contribution >= 0.6 is 0 Å². The van der Waals surface area contributed by atoms with Crippen molar-refractivity contribution in [2.24, 2.45) is 0 Å². The molecule has 6 heteroatoms. The Hall–Kier alpha value is -3.25. The zero-order chi connectivity index (χ0) is 21.1. The Balaban J connectivity index is 1.68. The van der Waals surface area contributed by atoms with Crippen molar-refractivity contribution in [2.45, 2.75) is 32.8 Å². The Morgan fingerprint density at radius 2 is 1.93 bits per heavy atom. The molecule has 0 saturated carbocycles. The average Bonchev–Trinajstić information content (AvgIpc) is 3.25. The number of anilines is 1. The summed E-state index contributed by atoms with van der Waals surface area (Å²) in [5.74, 6) is -0.244. The van der Waals surface area contributed by atoms with Gasteiger partial charge >= 0.3 is 0 Å². The fraction of sp³-hybridized carbons (Fsp3) is 0.292. The van der Waals surface area contributed by atoms with E-state index in [2.05, 4.69) is 10.6 Å². The summed E-state index contributed by atoms with van der Waals surface area (Å²) in [7, 11) is 0. The van der Waals surface area contributed by atoms with Gasteiger partial charge in [-0.05, 0) is 50.1 Å². The predicted molar refractivity (Wildman–Crippen MR) is 118 cm³/mol. The Bertz CT molecular complexity index is 1090. The normalized spacial score (nSPS) is 15.9. The van der Waals surface area contributed by atoms with E-state index >= 15 is 0 Å². The van der Waals surface area contributed by atoms with Gasteiger partial charge in [-0.1, -0.05) is 23.8 Å². The number of amides is 2. The number of nitrogens with one attached hydrogen (secondary N) is 2. The van der Waals surface area contributed by atoms with Crippen LogP contribution in [0.25, 0.3) is 22.2 Å². The van der Waals surface area contributed by atoms with Crippen LogP contribution < -0.4 is 10.6 Å². The molecule has 1 aromatic heterocycles. The van der Waals surface area contributed by atoms with Crippen LogP contribution in [0.5, 0.6) is 0 Å². The standard InChI is InChI=1S/C24H25N3O3/c1-15-5-10-22-20(12-15)21(24(29)25-14-19-4-3-11-30-19)13-23(27-22)17-6-8-18(9-7-17)26-16(2)28/h5-10,12-13,19H,3-4,11,14H2,1-2H3,(H,25,29)(H,26,28)/t19-/m0/s1. The number of hydrogen-bond acceptors (Lipinski definition) is 4. The van der Waals surface area contributed by atoms with Crippen LogP contribution in [-0.4, -0.2) is 36.1 Å². The van der Waals surface area contributed by atoms with Crippen molar-refractivity contribution >= 4 is 28.4 Å². The lowest BCUT2D eigenvalue weighted by atomic mass is 10.0. The third-order valence-electron chi connectivity index (χ3n) is 5.22. The number of aromatic nitrogens is 1. The van der Waals surface area contributed by atoms with Crippen molar-refractivity contribution < 1.29 is 14.3 Å². The molecule has 1 aliphatic heterocycles. The van der Waals surface area contributed by atoms with Gasteiger partial charge in [0.25, 0.3) is 5.91 Å². The highest BCUT2D eigenvalue weighted by Crippen LogP contribution is 2.27. The van der Waals surface area contributed by atoms with Gasteiger partial charge < -0.3 is 15.4 Å². The number of hydrogen-bond donors (Lipinski definition) is 2. The van der Waals surface area contributed by atoms with Gasteiger partial charge in [0.05, 0.1) is 22.9 Å². The third-order valence-corrected chi connectivity index (χ3v) is 5.22. The molecule has 0 radical (unpaired) electrons. The van der Waals surface area contributed by atoms with Gasteiger partial charge in [-0.15, -0.1) is 0 Å². The molecule has 0 aliphatic carbocycles. The number of carbonyl (C=O) groups is 2. The van der Waals surface area contributed by atoms with E-state index in [9.17, 15) is 9.59 Å². The second kappa shape index (κ2) is 8.63. The van der Waals surface area contributed by atoms with Crippen LogP contribution in [-0.2, 0) is 9.53 Å². The molecule has 1 atom stereocenters. The number of ether oxygens (including phenoxy) is 1. The summed E-state index contributed by atoms with van der Waals surface area (Å²) < 4.78 is 5.62. The summed E-state index contributed by atoms with van der Waals surface area (Å²) in [6.07, 6.45) is 2.10. The predicted octanol–water partition coefficient (Wildman–Crippen LogP) is 4.08. The highest BCUT2D eigenvalue weighted by Gasteiger charge is 2.19. The maximum absolute atomic E-state index is 13.0. The minimum atomic E-state index is -0.125. The molecule has 0 bridgehead atoms. The van der Waals surface area contributed by atoms with Gasteiger partial charge in [0.15, 0.2) is 0 Å². The zero-order valence-corrected chi connectivity index (χ0v) is 17.2. The number of nitrogens with zero attached hydrogens (tertiary/aromatic N) is 1. The van der Waals surface area contributed by atoms with Crippen molar-refractivity contribution in [1.82, 2.24) is 10.3 Å². The quantitative estimate of drug-likeness (QED) is 0.673. The lowest BCUT2D eigenvalue weighted by molar-refractivity contribution is -0.114. The van der Waals surface area contributed by atoms with Crippen LogP contribution in [0, 0.1) is 6.92 Å². The first-order valence-electron chi connectivity index (χ1n) is 10.2. The number of carbonyl (C=O) groups excluding carboxylic acids is 2. The monoisotopic (exact) mass is 403 g/mol. The summed E-state index contributed by atoms with van der Waals surface area (Å²) in [4.78, 5) is 29.1. The molecular weight excluding hydrogens is 378 g/mol. The molecule has 0 unspecified atom stereocenters. The van der Waals surface area contributed by atoms with E-state index in [4.69, 9.17) is 9.72 Å². The van der Waals surface area contributed by atoms with Gasteiger partial charge in [-0.2, -0.15) is 0 Å². The first-order valence-corrected chi connectivity index (χ1v) is 10.2. The summed E-state index contributed by atoms with van der Waals surface area (Å²) in [6.45, 7) is 4.75. The maximum Gasteiger partial charge on any atom is 0.252 e. The van der Waals surface area contributed by atoms with Gasteiger partial charge in [0.1, 0.15) is 0 Å². The van der Waals surface area contributed by atoms with Crippen LogP contribution in [0.15, 0.2) is 48.5 Å². The van der Waals surface area contributed by atoms with Crippen molar-refractivity contribution in [2.75, 3.05) is 18.5 Å². The number of fused-ring (bicyclic) bond motifs is 1. The van der Waals surface area contributed by atoms with Crippen molar-refractivity contribution in [3.05, 3.63) is 59.7 Å². The Morgan fingerprint density at radius 3 is 2.63 bits per heavy atom. The summed E-state index contributed by atoms with van der Waals surface area (Å²) in [5.41, 5.74) is 4.75. The average molecular weight is 403 g/mol. The van der Waals surface area contributed by atoms with Gasteiger partial charge in [0, 0.05) is 36.7 Å². The number of pyridine rings is 1. The van der Waals surface area contributed by atoms with Crippen LogP contribution in [0.3, 0.4) is 0 Å². The lowest BCUT2D eigenvalue weighted by Gasteiger charge is -2.14. The van der Waals surface area contributed by atoms with Crippen LogP contribution in [0.4, 0.5) is 5.69 Å². The molecule has 2 aromatic carbocycles. The number of aryl methyl sites for hydroxylation is 1. The fourth-order valence-corrected chi connectivity index (χ4v) is 3.71. The number of rotatable bonds is 5. The Labute approximate surface area is 175 Å². The van der Waals surface area contributed by atoms with Gasteiger partial charge in [-0.25, -0.2) is 4.98 Å². The van der Waals surface area contributed by atoms with E-state index in [1.165, 1.54) is 6.92 Å². The molecule has 4 rings (SSSR count). The van der Waals surface area contributed by atoms with E-state index in [1.54, 1.807) is 0 Å². The Morgan fingerprint density at radius 1 is 1.13 bits per heavy atom. The maximum atomic E-state index is 13.0. The summed E-state index contributed by atoms with van der Waals surface area (Å²) >= 11 is 0. The second-order valence-corrected chi connectivity index (χ2v) is 7.68. The highest BCUT2D eigenvalue weighted by molar-refractivity contribution is 6.07. The minimum Gasteiger partial charge on any atom is -0.376 e. The zero-order valence-electron chi connectivity index (χ0n) is 17.2. The van der Waals surface area contributed by atoms with Gasteiger partial charge in [0.2, 0.25) is 5.91 Å². The first-order chi connectivity index (χ1) is 14.5. The molecule has 0 spiro atoms. The summed E-state index contributed by atoms with van der Waals surface area (Å²) in [6, 6.07) is 15.2. The van der Waals surface area contributed by atoms with Crippen molar-refractivity contribution in [3.8, 4) is 11.3 Å². The SMILES string of the molecule is CC(=O)Nc1ccc(-c2cc(C(=O)NC[C@@H]3CCCO3)c3cc(C)ccc3n2)cc1. The van der Waals surface area contributed by atoms with E-state index in [-0.39, 0.29) is 17.9 Å². The lowest BCUT2D eigenvalue weighted by Crippen LogP contribution is -2.32. The first kappa shape index (κ1) is 20.0. The molecule has 1 fully saturated rings. The molecule has 6 nitrogen and oxygen atoms in total. The van der Waals surface area contributed by atoms with E-state index in [0.29, 0.717) is 17.8 Å². The molecule has 154 valence electrons. The molecule has 2 heterocycles.